The molecule has 0 bridgehead atoms. The van der Waals surface area contributed by atoms with Gasteiger partial charge >= 0.3 is 0 Å². The van der Waals surface area contributed by atoms with E-state index >= 15 is 0 Å². The molecule has 0 N–H and O–H groups in total. The topological polar surface area (TPSA) is 52.8 Å². The molecule has 2 aromatic heterocycles. The summed E-state index contributed by atoms with van der Waals surface area (Å²) in [6.45, 7) is 0. The number of hydrogen-bond acceptors (Lipinski definition) is 4. The lowest BCUT2D eigenvalue weighted by molar-refractivity contribution is 0.281. The first-order chi connectivity index (χ1) is 30.7. The molecule has 0 saturated heterocycles. The predicted molar refractivity (Wildman–Crippen MR) is 255 cm³/mol. The first kappa shape index (κ1) is 34.9. The van der Waals surface area contributed by atoms with Gasteiger partial charge in [0.05, 0.1) is 17.0 Å². The van der Waals surface area contributed by atoms with Gasteiger partial charge in [-0.25, -0.2) is 15.0 Å². The highest BCUT2D eigenvalue weighted by molar-refractivity contribution is 6.14. The molecule has 0 radical (unpaired) electrons. The minimum absolute atomic E-state index is 0.153. The Morgan fingerprint density at radius 3 is 2.05 bits per heavy atom. The van der Waals surface area contributed by atoms with Gasteiger partial charge in [-0.15, -0.1) is 0 Å². The monoisotopic (exact) mass is 794 g/mol. The van der Waals surface area contributed by atoms with Crippen molar-refractivity contribution in [2.75, 3.05) is 0 Å². The number of hydrogen-bond donors (Lipinski definition) is 0. The smallest absolute Gasteiger partial charge is 0.164 e. The summed E-state index contributed by atoms with van der Waals surface area (Å²) in [6, 6.07) is 60.6. The van der Waals surface area contributed by atoms with Gasteiger partial charge in [0.1, 0.15) is 11.9 Å². The SMILES string of the molecule is C1=C(c2ccccc2)CCC=C1c1nc(C2=CC=C(n3c4ccccc4c4cc5ccccc5cc43)C3c4ccc5ccccc5c4OC23)nc(-c2cccc3ccccc23)n1. The zero-order valence-corrected chi connectivity index (χ0v) is 33.7. The van der Waals surface area contributed by atoms with E-state index in [9.17, 15) is 0 Å². The summed E-state index contributed by atoms with van der Waals surface area (Å²) in [5.74, 6) is 2.69. The zero-order chi connectivity index (χ0) is 40.7. The molecule has 3 heterocycles. The van der Waals surface area contributed by atoms with Crippen molar-refractivity contribution < 1.29 is 4.74 Å². The lowest BCUT2D eigenvalue weighted by atomic mass is 9.83. The number of fused-ring (bicyclic) bond motifs is 10. The molecular weight excluding hydrogens is 757 g/mol. The zero-order valence-electron chi connectivity index (χ0n) is 33.7. The molecule has 5 nitrogen and oxygen atoms in total. The van der Waals surface area contributed by atoms with Crippen LogP contribution in [0.15, 0.2) is 194 Å². The molecule has 5 heteroatoms. The number of nitrogens with zero attached hydrogens (tertiary/aromatic N) is 4. The largest absolute Gasteiger partial charge is 0.484 e. The fourth-order valence-electron chi connectivity index (χ4n) is 10.2. The average Bonchev–Trinajstić information content (AvgIpc) is 3.89. The fourth-order valence-corrected chi connectivity index (χ4v) is 10.2. The van der Waals surface area contributed by atoms with Crippen molar-refractivity contribution in [3.63, 3.8) is 0 Å². The number of allylic oxidation sites excluding steroid dienone is 6. The Balaban J connectivity index is 1.06. The van der Waals surface area contributed by atoms with Crippen LogP contribution in [0.4, 0.5) is 0 Å². The fraction of sp³-hybridized carbons (Fsp3) is 0.0702. The summed E-state index contributed by atoms with van der Waals surface area (Å²) in [5.41, 5.74) is 10.1. The van der Waals surface area contributed by atoms with E-state index in [4.69, 9.17) is 19.7 Å². The average molecular weight is 795 g/mol. The Hall–Kier alpha value is -7.89. The maximum absolute atomic E-state index is 7.34. The second-order valence-corrected chi connectivity index (χ2v) is 16.6. The molecule has 0 spiro atoms. The third-order valence-corrected chi connectivity index (χ3v) is 13.1. The van der Waals surface area contributed by atoms with Crippen LogP contribution in [0.25, 0.3) is 87.9 Å². The van der Waals surface area contributed by atoms with Crippen molar-refractivity contribution in [2.45, 2.75) is 24.9 Å². The molecule has 2 unspecified atom stereocenters. The van der Waals surface area contributed by atoms with Crippen LogP contribution in [-0.2, 0) is 0 Å². The van der Waals surface area contributed by atoms with Gasteiger partial charge in [-0.2, -0.15) is 0 Å². The maximum Gasteiger partial charge on any atom is 0.164 e. The summed E-state index contributed by atoms with van der Waals surface area (Å²) in [4.78, 5) is 16.1. The number of rotatable bonds is 5. The summed E-state index contributed by atoms with van der Waals surface area (Å²) < 4.78 is 9.81. The Morgan fingerprint density at radius 1 is 0.516 bits per heavy atom. The molecule has 10 aromatic rings. The third kappa shape index (κ3) is 5.45. The third-order valence-electron chi connectivity index (χ3n) is 13.1. The van der Waals surface area contributed by atoms with Crippen LogP contribution in [0.5, 0.6) is 5.75 Å². The van der Waals surface area contributed by atoms with Crippen molar-refractivity contribution in [3.05, 3.63) is 217 Å². The Kier molecular flexibility index (Phi) is 7.79. The molecule has 62 heavy (non-hydrogen) atoms. The van der Waals surface area contributed by atoms with Gasteiger partial charge in [0.15, 0.2) is 17.5 Å². The molecule has 2 atom stereocenters. The van der Waals surface area contributed by atoms with E-state index in [1.165, 1.54) is 43.7 Å². The number of aromatic nitrogens is 4. The number of ether oxygens (including phenoxy) is 1. The normalized spacial score (nSPS) is 17.1. The van der Waals surface area contributed by atoms with Gasteiger partial charge in [0, 0.05) is 44.1 Å². The van der Waals surface area contributed by atoms with E-state index in [1.54, 1.807) is 0 Å². The van der Waals surface area contributed by atoms with Gasteiger partial charge in [0.2, 0.25) is 0 Å². The van der Waals surface area contributed by atoms with Gasteiger partial charge in [-0.1, -0.05) is 158 Å². The van der Waals surface area contributed by atoms with E-state index in [-0.39, 0.29) is 5.92 Å². The van der Waals surface area contributed by atoms with Crippen molar-refractivity contribution in [2.24, 2.45) is 0 Å². The first-order valence-electron chi connectivity index (χ1n) is 21.5. The summed E-state index contributed by atoms with van der Waals surface area (Å²) in [6.07, 6.45) is 10.5. The van der Waals surface area contributed by atoms with Crippen LogP contribution in [0, 0.1) is 0 Å². The Bertz CT molecular complexity index is 3620. The first-order valence-corrected chi connectivity index (χ1v) is 21.5. The Labute approximate surface area is 358 Å². The van der Waals surface area contributed by atoms with Crippen LogP contribution in [0.1, 0.15) is 41.5 Å². The standard InChI is InChI=1S/C57H38N4O/c1-2-14-35(15-3-1)38-21-12-22-41(32-38)55-58-56(45-26-13-20-36-16-6-8-23-42(36)45)60-57(59-55)47-30-31-50(52-46-29-28-37-17-7-9-24-43(37)53(46)62-54(47)52)61-49-27-11-10-25-44(49)48-33-39-18-4-5-19-40(39)34-51(48)61/h1-11,13-20,22-34,52,54H,12,21H2. The maximum atomic E-state index is 7.34. The van der Waals surface area contributed by atoms with Crippen molar-refractivity contribution in [1.82, 2.24) is 19.5 Å². The highest BCUT2D eigenvalue weighted by atomic mass is 16.5. The summed E-state index contributed by atoms with van der Waals surface area (Å²) >= 11 is 0. The molecule has 1 aliphatic heterocycles. The lowest BCUT2D eigenvalue weighted by Gasteiger charge is -2.29. The van der Waals surface area contributed by atoms with Crippen molar-refractivity contribution in [1.29, 1.82) is 0 Å². The highest BCUT2D eigenvalue weighted by Gasteiger charge is 2.44. The van der Waals surface area contributed by atoms with Gasteiger partial charge in [-0.05, 0) is 87.3 Å². The Morgan fingerprint density at radius 2 is 1.19 bits per heavy atom. The van der Waals surface area contributed by atoms with Gasteiger partial charge in [0.25, 0.3) is 0 Å². The molecule has 3 aliphatic rings. The quantitative estimate of drug-likeness (QED) is 0.174. The molecule has 292 valence electrons. The summed E-state index contributed by atoms with van der Waals surface area (Å²) in [5, 5.41) is 9.39. The van der Waals surface area contributed by atoms with E-state index in [2.05, 4.69) is 199 Å². The summed E-state index contributed by atoms with van der Waals surface area (Å²) in [7, 11) is 0. The van der Waals surface area contributed by atoms with Crippen LogP contribution in [0.3, 0.4) is 0 Å². The lowest BCUT2D eigenvalue weighted by Crippen LogP contribution is -2.27. The number of benzene rings is 8. The number of para-hydroxylation sites is 1. The van der Waals surface area contributed by atoms with Gasteiger partial charge < -0.3 is 9.30 Å². The van der Waals surface area contributed by atoms with Crippen LogP contribution < -0.4 is 4.74 Å². The molecule has 13 rings (SSSR count). The predicted octanol–water partition coefficient (Wildman–Crippen LogP) is 13.8. The molecule has 0 fully saturated rings. The molecular formula is C57H38N4O. The van der Waals surface area contributed by atoms with E-state index in [1.807, 2.05) is 0 Å². The molecule has 0 amide bonds. The van der Waals surface area contributed by atoms with E-state index in [0.717, 1.165) is 68.1 Å². The van der Waals surface area contributed by atoms with Crippen LogP contribution in [0.2, 0.25) is 0 Å². The van der Waals surface area contributed by atoms with Crippen LogP contribution in [-0.4, -0.2) is 25.6 Å². The highest BCUT2D eigenvalue weighted by Crippen LogP contribution is 2.54. The van der Waals surface area contributed by atoms with E-state index in [0.29, 0.717) is 17.5 Å². The minimum Gasteiger partial charge on any atom is -0.484 e. The van der Waals surface area contributed by atoms with Crippen molar-refractivity contribution in [3.8, 4) is 17.1 Å². The second-order valence-electron chi connectivity index (χ2n) is 16.6. The second kappa shape index (κ2) is 13.8. The van der Waals surface area contributed by atoms with Crippen LogP contribution >= 0.6 is 0 Å². The molecule has 8 aromatic carbocycles. The minimum atomic E-state index is -0.404. The molecule has 0 saturated carbocycles. The van der Waals surface area contributed by atoms with Crippen molar-refractivity contribution >= 4 is 76.5 Å². The van der Waals surface area contributed by atoms with Gasteiger partial charge in [-0.3, -0.25) is 0 Å². The van der Waals surface area contributed by atoms with E-state index < -0.39 is 6.10 Å². The molecule has 2 aliphatic carbocycles.